The van der Waals surface area contributed by atoms with Crippen LogP contribution < -0.4 is 5.32 Å². The standard InChI is InChI=1S/C12H14ClFN2O3S/c1-15-12(17)10-3-2-6-16(10)20(18,19)11-5-4-8(14)7-9(11)13/h4-5,7,10H,2-3,6H2,1H3,(H,15,17). The zero-order valence-corrected chi connectivity index (χ0v) is 12.3. The number of sulfonamides is 1. The van der Waals surface area contributed by atoms with Crippen LogP contribution in [0.3, 0.4) is 0 Å². The first-order chi connectivity index (χ1) is 9.37. The lowest BCUT2D eigenvalue weighted by atomic mass is 10.2. The molecule has 0 saturated carbocycles. The number of hydrogen-bond donors (Lipinski definition) is 1. The van der Waals surface area contributed by atoms with Crippen LogP contribution in [0, 0.1) is 5.82 Å². The Hall–Kier alpha value is -1.18. The molecule has 1 amide bonds. The fourth-order valence-corrected chi connectivity index (χ4v) is 4.43. The lowest BCUT2D eigenvalue weighted by Gasteiger charge is -2.23. The predicted octanol–water partition coefficient (Wildman–Crippen LogP) is 1.38. The molecule has 0 aromatic heterocycles. The van der Waals surface area contributed by atoms with Crippen LogP contribution in [-0.2, 0) is 14.8 Å². The summed E-state index contributed by atoms with van der Waals surface area (Å²) in [4.78, 5) is 11.5. The summed E-state index contributed by atoms with van der Waals surface area (Å²) < 4.78 is 39.2. The fourth-order valence-electron chi connectivity index (χ4n) is 2.27. The normalized spacial score (nSPS) is 20.1. The maximum atomic E-state index is 13.0. The monoisotopic (exact) mass is 320 g/mol. The van der Waals surface area contributed by atoms with Gasteiger partial charge in [-0.2, -0.15) is 4.31 Å². The number of carbonyl (C=O) groups is 1. The molecule has 0 spiro atoms. The van der Waals surface area contributed by atoms with Gasteiger partial charge in [0.05, 0.1) is 5.02 Å². The Morgan fingerprint density at radius 2 is 2.20 bits per heavy atom. The molecular formula is C12H14ClFN2O3S. The highest BCUT2D eigenvalue weighted by Crippen LogP contribution is 2.30. The Balaban J connectivity index is 2.41. The van der Waals surface area contributed by atoms with Gasteiger partial charge in [-0.1, -0.05) is 11.6 Å². The minimum atomic E-state index is -3.92. The largest absolute Gasteiger partial charge is 0.358 e. The van der Waals surface area contributed by atoms with Crippen molar-refractivity contribution in [3.8, 4) is 0 Å². The van der Waals surface area contributed by atoms with Crippen LogP contribution in [0.25, 0.3) is 0 Å². The van der Waals surface area contributed by atoms with Gasteiger partial charge in [0.25, 0.3) is 0 Å². The van der Waals surface area contributed by atoms with Crippen LogP contribution in [-0.4, -0.2) is 38.3 Å². The van der Waals surface area contributed by atoms with Crippen molar-refractivity contribution >= 4 is 27.5 Å². The zero-order valence-electron chi connectivity index (χ0n) is 10.8. The van der Waals surface area contributed by atoms with Gasteiger partial charge in [0.15, 0.2) is 0 Å². The third kappa shape index (κ3) is 2.65. The van der Waals surface area contributed by atoms with E-state index in [4.69, 9.17) is 11.6 Å². The number of hydrogen-bond acceptors (Lipinski definition) is 3. The van der Waals surface area contributed by atoms with Crippen LogP contribution in [0.4, 0.5) is 4.39 Å². The van der Waals surface area contributed by atoms with E-state index in [9.17, 15) is 17.6 Å². The average molecular weight is 321 g/mol. The van der Waals surface area contributed by atoms with Gasteiger partial charge >= 0.3 is 0 Å². The molecule has 1 unspecified atom stereocenters. The van der Waals surface area contributed by atoms with Crippen molar-refractivity contribution in [3.63, 3.8) is 0 Å². The van der Waals surface area contributed by atoms with Crippen LogP contribution in [0.15, 0.2) is 23.1 Å². The smallest absolute Gasteiger partial charge is 0.245 e. The van der Waals surface area contributed by atoms with Crippen molar-refractivity contribution in [1.29, 1.82) is 0 Å². The number of benzene rings is 1. The second-order valence-corrected chi connectivity index (χ2v) is 6.73. The molecule has 1 fully saturated rings. The molecule has 8 heteroatoms. The van der Waals surface area contributed by atoms with Crippen LogP contribution in [0.1, 0.15) is 12.8 Å². The zero-order chi connectivity index (χ0) is 14.9. The van der Waals surface area contributed by atoms with Crippen LogP contribution in [0.2, 0.25) is 5.02 Å². The van der Waals surface area contributed by atoms with Crippen LogP contribution in [0.5, 0.6) is 0 Å². The molecule has 1 heterocycles. The van der Waals surface area contributed by atoms with Crippen molar-refractivity contribution in [2.45, 2.75) is 23.8 Å². The molecule has 2 rings (SSSR count). The number of likely N-dealkylation sites (N-methyl/N-ethyl adjacent to an activating group) is 1. The van der Waals surface area contributed by atoms with E-state index in [1.54, 1.807) is 0 Å². The van der Waals surface area contributed by atoms with Gasteiger partial charge in [0.2, 0.25) is 15.9 Å². The second-order valence-electron chi connectivity index (χ2n) is 4.46. The van der Waals surface area contributed by atoms with Gasteiger partial charge < -0.3 is 5.32 Å². The molecule has 0 bridgehead atoms. The van der Waals surface area contributed by atoms with Crippen molar-refractivity contribution in [2.75, 3.05) is 13.6 Å². The van der Waals surface area contributed by atoms with Crippen molar-refractivity contribution in [1.82, 2.24) is 9.62 Å². The fraction of sp³-hybridized carbons (Fsp3) is 0.417. The van der Waals surface area contributed by atoms with Crippen LogP contribution >= 0.6 is 11.6 Å². The highest BCUT2D eigenvalue weighted by Gasteiger charge is 2.39. The van der Waals surface area contributed by atoms with Gasteiger partial charge in [-0.05, 0) is 31.0 Å². The summed E-state index contributed by atoms with van der Waals surface area (Å²) in [6, 6.07) is 2.35. The molecule has 0 radical (unpaired) electrons. The maximum Gasteiger partial charge on any atom is 0.245 e. The predicted molar refractivity (Wildman–Crippen MR) is 72.4 cm³/mol. The van der Waals surface area contributed by atoms with Crippen molar-refractivity contribution in [2.24, 2.45) is 0 Å². The van der Waals surface area contributed by atoms with Gasteiger partial charge in [-0.25, -0.2) is 12.8 Å². The highest BCUT2D eigenvalue weighted by molar-refractivity contribution is 7.89. The molecule has 1 aromatic carbocycles. The minimum Gasteiger partial charge on any atom is -0.358 e. The molecular weight excluding hydrogens is 307 g/mol. The summed E-state index contributed by atoms with van der Waals surface area (Å²) in [6.45, 7) is 0.244. The Bertz CT molecular complexity index is 636. The number of rotatable bonds is 3. The molecule has 1 saturated heterocycles. The molecule has 5 nitrogen and oxygen atoms in total. The molecule has 1 aliphatic heterocycles. The molecule has 1 aromatic rings. The first-order valence-electron chi connectivity index (χ1n) is 6.06. The maximum absolute atomic E-state index is 13.0. The van der Waals surface area contributed by atoms with E-state index in [0.29, 0.717) is 12.8 Å². The summed E-state index contributed by atoms with van der Waals surface area (Å²) in [6.07, 6.45) is 1.05. The number of nitrogens with one attached hydrogen (secondary N) is 1. The summed E-state index contributed by atoms with van der Waals surface area (Å²) in [5.41, 5.74) is 0. The average Bonchev–Trinajstić information content (AvgIpc) is 2.87. The first kappa shape index (κ1) is 15.2. The summed E-state index contributed by atoms with van der Waals surface area (Å²) >= 11 is 5.81. The topological polar surface area (TPSA) is 66.5 Å². The van der Waals surface area contributed by atoms with E-state index in [-0.39, 0.29) is 22.4 Å². The first-order valence-corrected chi connectivity index (χ1v) is 7.88. The summed E-state index contributed by atoms with van der Waals surface area (Å²) in [5, 5.41) is 2.26. The molecule has 1 N–H and O–H groups in total. The summed E-state index contributed by atoms with van der Waals surface area (Å²) in [5.74, 6) is -0.970. The summed E-state index contributed by atoms with van der Waals surface area (Å²) in [7, 11) is -2.46. The van der Waals surface area contributed by atoms with Gasteiger partial charge in [0, 0.05) is 13.6 Å². The van der Waals surface area contributed by atoms with E-state index < -0.39 is 21.9 Å². The molecule has 20 heavy (non-hydrogen) atoms. The lowest BCUT2D eigenvalue weighted by molar-refractivity contribution is -0.123. The Kier molecular flexibility index (Phi) is 4.31. The highest BCUT2D eigenvalue weighted by atomic mass is 35.5. The van der Waals surface area contributed by atoms with E-state index in [1.165, 1.54) is 7.05 Å². The Labute approximate surface area is 121 Å². The van der Waals surface area contributed by atoms with Crippen molar-refractivity contribution < 1.29 is 17.6 Å². The third-order valence-corrected chi connectivity index (χ3v) is 5.62. The van der Waals surface area contributed by atoms with E-state index >= 15 is 0 Å². The Morgan fingerprint density at radius 3 is 2.80 bits per heavy atom. The number of amides is 1. The SMILES string of the molecule is CNC(=O)C1CCCN1S(=O)(=O)c1ccc(F)cc1Cl. The van der Waals surface area contributed by atoms with Gasteiger partial charge in [-0.3, -0.25) is 4.79 Å². The molecule has 1 aliphatic rings. The van der Waals surface area contributed by atoms with E-state index in [0.717, 1.165) is 22.5 Å². The molecule has 1 atom stereocenters. The molecule has 110 valence electrons. The lowest BCUT2D eigenvalue weighted by Crippen LogP contribution is -2.44. The second kappa shape index (κ2) is 5.67. The van der Waals surface area contributed by atoms with Gasteiger partial charge in [0.1, 0.15) is 16.8 Å². The Morgan fingerprint density at radius 1 is 1.50 bits per heavy atom. The minimum absolute atomic E-state index is 0.184. The van der Waals surface area contributed by atoms with Crippen molar-refractivity contribution in [3.05, 3.63) is 29.0 Å². The third-order valence-electron chi connectivity index (χ3n) is 3.23. The number of carbonyl (C=O) groups excluding carboxylic acids is 1. The van der Waals surface area contributed by atoms with E-state index in [2.05, 4.69) is 5.32 Å². The quantitative estimate of drug-likeness (QED) is 0.915. The number of nitrogens with zero attached hydrogens (tertiary/aromatic N) is 1. The number of halogens is 2. The van der Waals surface area contributed by atoms with E-state index in [1.807, 2.05) is 0 Å². The van der Waals surface area contributed by atoms with Gasteiger partial charge in [-0.15, -0.1) is 0 Å². The molecule has 0 aliphatic carbocycles.